The molecule has 1 amide bonds. The van der Waals surface area contributed by atoms with Crippen molar-refractivity contribution in [2.75, 3.05) is 18.6 Å². The number of carbonyl (C=O) groups is 2. The minimum absolute atomic E-state index is 0.0109. The van der Waals surface area contributed by atoms with Gasteiger partial charge in [0.25, 0.3) is 5.91 Å². The molecule has 0 aliphatic heterocycles. The summed E-state index contributed by atoms with van der Waals surface area (Å²) in [5.74, 6) is -0.198. The fourth-order valence-corrected chi connectivity index (χ4v) is 2.52. The topological polar surface area (TPSA) is 79.2 Å². The van der Waals surface area contributed by atoms with Gasteiger partial charge in [-0.1, -0.05) is 32.9 Å². The summed E-state index contributed by atoms with van der Waals surface area (Å²) < 4.78 is 4.83. The van der Waals surface area contributed by atoms with Crippen LogP contribution in [-0.4, -0.2) is 36.5 Å². The summed E-state index contributed by atoms with van der Waals surface area (Å²) in [4.78, 5) is 24.3. The van der Waals surface area contributed by atoms with Crippen LogP contribution >= 0.6 is 11.8 Å². The molecule has 0 saturated heterocycles. The third kappa shape index (κ3) is 6.25. The van der Waals surface area contributed by atoms with Gasteiger partial charge in [-0.25, -0.2) is 4.79 Å². The lowest BCUT2D eigenvalue weighted by Gasteiger charge is -2.20. The number of benzene rings is 1. The molecular weight excluding hydrogens is 324 g/mol. The van der Waals surface area contributed by atoms with Gasteiger partial charge >= 0.3 is 5.97 Å². The first kappa shape index (κ1) is 20.0. The van der Waals surface area contributed by atoms with Crippen molar-refractivity contribution in [1.82, 2.24) is 5.32 Å². The van der Waals surface area contributed by atoms with Crippen LogP contribution in [0.25, 0.3) is 0 Å². The molecule has 0 aliphatic carbocycles. The van der Waals surface area contributed by atoms with Crippen molar-refractivity contribution in [3.63, 3.8) is 0 Å². The third-order valence-corrected chi connectivity index (χ3v) is 4.14. The number of nitriles is 1. The van der Waals surface area contributed by atoms with Crippen LogP contribution in [0.1, 0.15) is 43.1 Å². The van der Waals surface area contributed by atoms with E-state index in [0.717, 1.165) is 5.56 Å². The van der Waals surface area contributed by atoms with Crippen molar-refractivity contribution in [3.05, 3.63) is 35.4 Å². The Labute approximate surface area is 147 Å². The zero-order valence-corrected chi connectivity index (χ0v) is 15.4. The molecule has 1 atom stereocenters. The summed E-state index contributed by atoms with van der Waals surface area (Å²) in [6.07, 6.45) is 2.38. The number of thioether (sulfide) groups is 1. The maximum Gasteiger partial charge on any atom is 0.329 e. The molecule has 1 aromatic carbocycles. The Morgan fingerprint density at radius 3 is 2.42 bits per heavy atom. The average Bonchev–Trinajstić information content (AvgIpc) is 2.55. The Morgan fingerprint density at radius 2 is 1.92 bits per heavy atom. The van der Waals surface area contributed by atoms with E-state index in [2.05, 4.69) is 26.1 Å². The van der Waals surface area contributed by atoms with Gasteiger partial charge in [0.1, 0.15) is 12.1 Å². The zero-order valence-electron chi connectivity index (χ0n) is 14.6. The summed E-state index contributed by atoms with van der Waals surface area (Å²) in [5.41, 5.74) is 1.63. The number of rotatable bonds is 7. The van der Waals surface area contributed by atoms with E-state index in [-0.39, 0.29) is 17.9 Å². The first-order chi connectivity index (χ1) is 11.3. The highest BCUT2D eigenvalue weighted by Crippen LogP contribution is 2.22. The Balaban J connectivity index is 2.79. The van der Waals surface area contributed by atoms with Crippen molar-refractivity contribution in [3.8, 4) is 6.07 Å². The fraction of sp³-hybridized carbons (Fsp3) is 0.500. The van der Waals surface area contributed by atoms with Gasteiger partial charge in [-0.05, 0) is 41.5 Å². The van der Waals surface area contributed by atoms with Crippen LogP contribution in [0.4, 0.5) is 0 Å². The Kier molecular flexibility index (Phi) is 7.80. The van der Waals surface area contributed by atoms with Gasteiger partial charge in [0.15, 0.2) is 6.61 Å². The van der Waals surface area contributed by atoms with Crippen molar-refractivity contribution < 1.29 is 14.3 Å². The molecule has 0 bridgehead atoms. The molecule has 130 valence electrons. The molecule has 0 radical (unpaired) electrons. The smallest absolute Gasteiger partial charge is 0.329 e. The predicted molar refractivity (Wildman–Crippen MR) is 96.0 cm³/mol. The van der Waals surface area contributed by atoms with Gasteiger partial charge in [0.2, 0.25) is 0 Å². The molecule has 0 aliphatic rings. The van der Waals surface area contributed by atoms with E-state index in [4.69, 9.17) is 10.00 Å². The van der Waals surface area contributed by atoms with E-state index in [9.17, 15) is 9.59 Å². The summed E-state index contributed by atoms with van der Waals surface area (Å²) in [7, 11) is 0. The highest BCUT2D eigenvalue weighted by atomic mass is 32.2. The number of ether oxygens (including phenoxy) is 1. The van der Waals surface area contributed by atoms with Gasteiger partial charge in [-0.2, -0.15) is 17.0 Å². The third-order valence-electron chi connectivity index (χ3n) is 3.49. The number of nitrogens with zero attached hydrogens (tertiary/aromatic N) is 1. The molecule has 0 heterocycles. The number of amides is 1. The second-order valence-corrected chi connectivity index (χ2v) is 7.39. The van der Waals surface area contributed by atoms with Crippen LogP contribution in [0, 0.1) is 11.3 Å². The van der Waals surface area contributed by atoms with E-state index in [1.165, 1.54) is 0 Å². The van der Waals surface area contributed by atoms with Crippen LogP contribution in [0.5, 0.6) is 0 Å². The molecule has 6 heteroatoms. The molecule has 0 spiro atoms. The molecule has 1 rings (SSSR count). The lowest BCUT2D eigenvalue weighted by Crippen LogP contribution is -2.42. The first-order valence-corrected chi connectivity index (χ1v) is 9.13. The summed E-state index contributed by atoms with van der Waals surface area (Å²) in [5, 5.41) is 11.2. The fourth-order valence-electron chi connectivity index (χ4n) is 2.05. The number of nitrogens with one attached hydrogen (secondary N) is 1. The van der Waals surface area contributed by atoms with Crippen molar-refractivity contribution >= 4 is 23.6 Å². The zero-order chi connectivity index (χ0) is 18.2. The summed E-state index contributed by atoms with van der Waals surface area (Å²) >= 11 is 1.57. The van der Waals surface area contributed by atoms with Crippen LogP contribution in [-0.2, 0) is 14.9 Å². The average molecular weight is 348 g/mol. The predicted octanol–water partition coefficient (Wildman–Crippen LogP) is 2.90. The Morgan fingerprint density at radius 1 is 1.29 bits per heavy atom. The number of hydrogen-bond donors (Lipinski definition) is 1. The molecule has 0 fully saturated rings. The van der Waals surface area contributed by atoms with Crippen molar-refractivity contribution in [2.24, 2.45) is 0 Å². The van der Waals surface area contributed by atoms with Gasteiger partial charge < -0.3 is 10.1 Å². The largest absolute Gasteiger partial charge is 0.449 e. The Bertz CT molecular complexity index is 600. The minimum atomic E-state index is -0.749. The van der Waals surface area contributed by atoms with Crippen LogP contribution in [0.2, 0.25) is 0 Å². The Hall–Kier alpha value is -2.00. The quantitative estimate of drug-likeness (QED) is 0.767. The van der Waals surface area contributed by atoms with E-state index < -0.39 is 12.0 Å². The second-order valence-electron chi connectivity index (χ2n) is 6.40. The van der Waals surface area contributed by atoms with Crippen LogP contribution in [0.15, 0.2) is 24.3 Å². The molecular formula is C18H24N2O3S. The highest BCUT2D eigenvalue weighted by molar-refractivity contribution is 7.98. The van der Waals surface area contributed by atoms with Crippen LogP contribution < -0.4 is 5.32 Å². The standard InChI is InChI=1S/C18H24N2O3S/c1-18(2,3)14-7-5-13(6-8-14)16(21)20-15(9-12-24-4)17(22)23-11-10-19/h5-8,15H,9,11-12H2,1-4H3,(H,20,21)/t15-/m1/s1. The van der Waals surface area contributed by atoms with Crippen LogP contribution in [0.3, 0.4) is 0 Å². The van der Waals surface area contributed by atoms with E-state index >= 15 is 0 Å². The maximum atomic E-state index is 12.4. The molecule has 5 nitrogen and oxygen atoms in total. The molecule has 0 aromatic heterocycles. The SMILES string of the molecule is CSCC[C@@H](NC(=O)c1ccc(C(C)(C)C)cc1)C(=O)OCC#N. The molecule has 0 unspecified atom stereocenters. The number of hydrogen-bond acceptors (Lipinski definition) is 5. The summed E-state index contributed by atoms with van der Waals surface area (Å²) in [6.45, 7) is 5.99. The van der Waals surface area contributed by atoms with E-state index in [0.29, 0.717) is 17.7 Å². The van der Waals surface area contributed by atoms with Crippen molar-refractivity contribution in [1.29, 1.82) is 5.26 Å². The van der Waals surface area contributed by atoms with E-state index in [1.807, 2.05) is 18.4 Å². The normalized spacial score (nSPS) is 12.1. The first-order valence-electron chi connectivity index (χ1n) is 7.73. The summed E-state index contributed by atoms with van der Waals surface area (Å²) in [6, 6.07) is 8.34. The van der Waals surface area contributed by atoms with E-state index in [1.54, 1.807) is 30.0 Å². The monoisotopic (exact) mass is 348 g/mol. The van der Waals surface area contributed by atoms with Gasteiger partial charge in [-0.3, -0.25) is 4.79 Å². The van der Waals surface area contributed by atoms with Gasteiger partial charge in [0.05, 0.1) is 0 Å². The molecule has 1 N–H and O–H groups in total. The minimum Gasteiger partial charge on any atom is -0.449 e. The lowest BCUT2D eigenvalue weighted by atomic mass is 9.86. The number of esters is 1. The molecule has 0 saturated carbocycles. The lowest BCUT2D eigenvalue weighted by molar-refractivity contribution is -0.144. The number of carbonyl (C=O) groups excluding carboxylic acids is 2. The molecule has 24 heavy (non-hydrogen) atoms. The van der Waals surface area contributed by atoms with Gasteiger partial charge in [0, 0.05) is 5.56 Å². The highest BCUT2D eigenvalue weighted by Gasteiger charge is 2.23. The second kappa shape index (κ2) is 9.33. The maximum absolute atomic E-state index is 12.4. The van der Waals surface area contributed by atoms with Gasteiger partial charge in [-0.15, -0.1) is 0 Å². The molecule has 1 aromatic rings. The van der Waals surface area contributed by atoms with Crippen molar-refractivity contribution in [2.45, 2.75) is 38.6 Å².